The molecule has 6 nitrogen and oxygen atoms in total. The molecule has 0 unspecified atom stereocenters. The number of hydrogen-bond donors (Lipinski definition) is 2. The van der Waals surface area contributed by atoms with Gasteiger partial charge in [-0.3, -0.25) is 4.72 Å². The normalized spacial score (nSPS) is 12.3. The van der Waals surface area contributed by atoms with Crippen molar-refractivity contribution in [3.8, 4) is 0 Å². The van der Waals surface area contributed by atoms with Crippen LogP contribution in [0.1, 0.15) is 0 Å². The van der Waals surface area contributed by atoms with Crippen molar-refractivity contribution in [2.75, 3.05) is 28.2 Å². The number of benzene rings is 1. The fraction of sp³-hybridized carbons (Fsp3) is 0.333. The van der Waals surface area contributed by atoms with E-state index >= 15 is 0 Å². The Balaban J connectivity index is 2.86. The lowest BCUT2D eigenvalue weighted by atomic mass is 10.3. The number of nitrogens with two attached hydrogens (primary N) is 1. The van der Waals surface area contributed by atoms with Gasteiger partial charge in [-0.15, -0.1) is 0 Å². The summed E-state index contributed by atoms with van der Waals surface area (Å²) < 4.78 is 47.3. The first-order valence-corrected chi connectivity index (χ1v) is 8.91. The van der Waals surface area contributed by atoms with E-state index in [-0.39, 0.29) is 10.7 Å². The van der Waals surface area contributed by atoms with Crippen LogP contribution in [0.4, 0.5) is 11.4 Å². The molecule has 0 aliphatic carbocycles. The summed E-state index contributed by atoms with van der Waals surface area (Å²) in [7, 11) is -7.12. The zero-order chi connectivity index (χ0) is 14.0. The Kier molecular flexibility index (Phi) is 4.46. The number of sulfone groups is 1. The molecule has 0 aliphatic rings. The standard InChI is InChI=1S/C9H13ClN2O4S2/c1-17(13,14)4-5-18(15,16)12-9-6-7(11)2-3-8(9)10/h2-3,6,12H,4-5,11H2,1H3. The van der Waals surface area contributed by atoms with Crippen molar-refractivity contribution < 1.29 is 16.8 Å². The van der Waals surface area contributed by atoms with Gasteiger partial charge in [0.05, 0.1) is 22.2 Å². The molecule has 18 heavy (non-hydrogen) atoms. The molecule has 0 fully saturated rings. The average molecular weight is 313 g/mol. The van der Waals surface area contributed by atoms with Gasteiger partial charge in [-0.1, -0.05) is 11.6 Å². The van der Waals surface area contributed by atoms with Crippen molar-refractivity contribution in [1.82, 2.24) is 0 Å². The van der Waals surface area contributed by atoms with Gasteiger partial charge in [0.25, 0.3) is 0 Å². The van der Waals surface area contributed by atoms with Gasteiger partial charge in [-0.2, -0.15) is 0 Å². The van der Waals surface area contributed by atoms with Crippen molar-refractivity contribution in [3.63, 3.8) is 0 Å². The number of nitrogen functional groups attached to an aromatic ring is 1. The van der Waals surface area contributed by atoms with Crippen LogP contribution in [0, 0.1) is 0 Å². The molecule has 0 heterocycles. The van der Waals surface area contributed by atoms with Crippen molar-refractivity contribution >= 4 is 42.8 Å². The number of halogens is 1. The van der Waals surface area contributed by atoms with E-state index < -0.39 is 31.4 Å². The Morgan fingerprint density at radius 1 is 1.22 bits per heavy atom. The van der Waals surface area contributed by atoms with Gasteiger partial charge >= 0.3 is 0 Å². The van der Waals surface area contributed by atoms with Crippen LogP contribution in [-0.4, -0.2) is 34.6 Å². The molecule has 0 saturated carbocycles. The second-order valence-corrected chi connectivity index (χ2v) is 8.30. The zero-order valence-electron chi connectivity index (χ0n) is 9.55. The molecule has 1 aromatic rings. The fourth-order valence-corrected chi connectivity index (χ4v) is 4.02. The minimum Gasteiger partial charge on any atom is -0.399 e. The average Bonchev–Trinajstić information content (AvgIpc) is 2.20. The van der Waals surface area contributed by atoms with E-state index in [2.05, 4.69) is 4.72 Å². The number of anilines is 2. The van der Waals surface area contributed by atoms with Crippen molar-refractivity contribution in [1.29, 1.82) is 0 Å². The van der Waals surface area contributed by atoms with Gasteiger partial charge in [0.2, 0.25) is 10.0 Å². The van der Waals surface area contributed by atoms with Gasteiger partial charge in [0.1, 0.15) is 9.84 Å². The van der Waals surface area contributed by atoms with Crippen LogP contribution in [0.3, 0.4) is 0 Å². The van der Waals surface area contributed by atoms with Gasteiger partial charge in [-0.05, 0) is 18.2 Å². The summed E-state index contributed by atoms with van der Waals surface area (Å²) in [6, 6.07) is 4.34. The van der Waals surface area contributed by atoms with E-state index in [4.69, 9.17) is 17.3 Å². The largest absolute Gasteiger partial charge is 0.399 e. The molecular formula is C9H13ClN2O4S2. The fourth-order valence-electron chi connectivity index (χ4n) is 1.10. The first-order chi connectivity index (χ1) is 8.09. The lowest BCUT2D eigenvalue weighted by Gasteiger charge is -2.09. The molecule has 1 rings (SSSR count). The first kappa shape index (κ1) is 15.1. The molecule has 102 valence electrons. The van der Waals surface area contributed by atoms with Crippen LogP contribution in [0.15, 0.2) is 18.2 Å². The number of nitrogens with one attached hydrogen (secondary N) is 1. The molecule has 0 spiro atoms. The third-order valence-electron chi connectivity index (χ3n) is 1.98. The molecule has 0 bridgehead atoms. The molecular weight excluding hydrogens is 300 g/mol. The summed E-state index contributed by atoms with van der Waals surface area (Å²) in [4.78, 5) is 0. The summed E-state index contributed by atoms with van der Waals surface area (Å²) in [5.74, 6) is -0.987. The summed E-state index contributed by atoms with van der Waals surface area (Å²) in [6.07, 6.45) is 0.968. The maximum absolute atomic E-state index is 11.6. The van der Waals surface area contributed by atoms with E-state index in [1.807, 2.05) is 0 Å². The van der Waals surface area contributed by atoms with E-state index in [1.54, 1.807) is 0 Å². The molecule has 0 radical (unpaired) electrons. The molecule has 0 amide bonds. The topological polar surface area (TPSA) is 106 Å². The zero-order valence-corrected chi connectivity index (χ0v) is 11.9. The molecule has 1 aromatic carbocycles. The number of rotatable bonds is 5. The second kappa shape index (κ2) is 5.33. The summed E-state index contributed by atoms with van der Waals surface area (Å²) in [6.45, 7) is 0. The monoisotopic (exact) mass is 312 g/mol. The Bertz CT molecular complexity index is 641. The van der Waals surface area contributed by atoms with Crippen LogP contribution >= 0.6 is 11.6 Å². The van der Waals surface area contributed by atoms with Crippen LogP contribution in [0.5, 0.6) is 0 Å². The van der Waals surface area contributed by atoms with E-state index in [0.717, 1.165) is 6.26 Å². The SMILES string of the molecule is CS(=O)(=O)CCS(=O)(=O)Nc1cc(N)ccc1Cl. The van der Waals surface area contributed by atoms with E-state index in [1.165, 1.54) is 18.2 Å². The molecule has 0 aromatic heterocycles. The minimum absolute atomic E-state index is 0.130. The number of sulfonamides is 1. The molecule has 9 heteroatoms. The van der Waals surface area contributed by atoms with Crippen molar-refractivity contribution in [2.24, 2.45) is 0 Å². The van der Waals surface area contributed by atoms with Gasteiger partial charge in [0, 0.05) is 11.9 Å². The third-order valence-corrected chi connectivity index (χ3v) is 4.78. The highest BCUT2D eigenvalue weighted by molar-refractivity contribution is 7.95. The van der Waals surface area contributed by atoms with E-state index in [0.29, 0.717) is 5.69 Å². The first-order valence-electron chi connectivity index (χ1n) is 4.82. The van der Waals surface area contributed by atoms with Crippen LogP contribution in [0.25, 0.3) is 0 Å². The smallest absolute Gasteiger partial charge is 0.233 e. The Labute approximate surface area is 111 Å². The lowest BCUT2D eigenvalue weighted by Crippen LogP contribution is -2.22. The van der Waals surface area contributed by atoms with Crippen molar-refractivity contribution in [3.05, 3.63) is 23.2 Å². The van der Waals surface area contributed by atoms with Gasteiger partial charge < -0.3 is 5.73 Å². The maximum Gasteiger partial charge on any atom is 0.233 e. The highest BCUT2D eigenvalue weighted by atomic mass is 35.5. The van der Waals surface area contributed by atoms with Gasteiger partial charge in [-0.25, -0.2) is 16.8 Å². The highest BCUT2D eigenvalue weighted by Gasteiger charge is 2.16. The van der Waals surface area contributed by atoms with Crippen molar-refractivity contribution in [2.45, 2.75) is 0 Å². The van der Waals surface area contributed by atoms with Crippen LogP contribution in [-0.2, 0) is 19.9 Å². The maximum atomic E-state index is 11.6. The number of hydrogen-bond acceptors (Lipinski definition) is 5. The second-order valence-electron chi connectivity index (χ2n) is 3.79. The minimum atomic E-state index is -3.78. The Morgan fingerprint density at radius 2 is 1.83 bits per heavy atom. The predicted octanol–water partition coefficient (Wildman–Crippen LogP) is 0.709. The highest BCUT2D eigenvalue weighted by Crippen LogP contribution is 2.25. The van der Waals surface area contributed by atoms with E-state index in [9.17, 15) is 16.8 Å². The van der Waals surface area contributed by atoms with Crippen LogP contribution in [0.2, 0.25) is 5.02 Å². The Morgan fingerprint density at radius 3 is 2.39 bits per heavy atom. The molecule has 0 aliphatic heterocycles. The Hall–Kier alpha value is -0.990. The summed E-state index contributed by atoms with van der Waals surface area (Å²) >= 11 is 5.79. The lowest BCUT2D eigenvalue weighted by molar-refractivity contribution is 0.593. The molecule has 0 saturated heterocycles. The van der Waals surface area contributed by atoms with Gasteiger partial charge in [0.15, 0.2) is 0 Å². The molecule has 0 atom stereocenters. The molecule has 3 N–H and O–H groups in total. The summed E-state index contributed by atoms with van der Waals surface area (Å²) in [5.41, 5.74) is 5.98. The third kappa shape index (κ3) is 5.11. The van der Waals surface area contributed by atoms with Crippen LogP contribution < -0.4 is 10.5 Å². The summed E-state index contributed by atoms with van der Waals surface area (Å²) in [5, 5.41) is 0.187. The predicted molar refractivity (Wildman–Crippen MR) is 73.0 cm³/mol. The quantitative estimate of drug-likeness (QED) is 0.779.